The van der Waals surface area contributed by atoms with Crippen LogP contribution in [0.1, 0.15) is 29.8 Å². The van der Waals surface area contributed by atoms with Gasteiger partial charge in [0.15, 0.2) is 5.13 Å². The first-order valence-corrected chi connectivity index (χ1v) is 16.8. The summed E-state index contributed by atoms with van der Waals surface area (Å²) >= 11 is 8.99. The zero-order valence-corrected chi connectivity index (χ0v) is 27.9. The Morgan fingerprint density at radius 3 is 2.36 bits per heavy atom. The summed E-state index contributed by atoms with van der Waals surface area (Å²) in [4.78, 5) is 44.8. The summed E-state index contributed by atoms with van der Waals surface area (Å²) in [5.74, 6) is -0.528. The largest absolute Gasteiger partial charge is 0.493 e. The minimum Gasteiger partial charge on any atom is -0.493 e. The van der Waals surface area contributed by atoms with Crippen LogP contribution in [0.2, 0.25) is 5.02 Å². The van der Waals surface area contributed by atoms with Gasteiger partial charge in [0.2, 0.25) is 5.91 Å². The number of hydrogen-bond acceptors (Lipinski definition) is 7. The van der Waals surface area contributed by atoms with Crippen LogP contribution in [0.4, 0.5) is 10.8 Å². The fourth-order valence-electron chi connectivity index (χ4n) is 4.39. The number of hydrogen-bond donors (Lipinski definition) is 3. The Balaban J connectivity index is 1.24. The van der Waals surface area contributed by atoms with Crippen LogP contribution < -0.4 is 20.7 Å². The maximum Gasteiger partial charge on any atom is 0.272 e. The Labute approximate surface area is 286 Å². The molecule has 238 valence electrons. The standard InChI is InChI=1S/C36H31ClN4O4S2/c1-3-45-32-16-10-7-13-25(32)21-30(39-34(43)24-11-5-4-6-12-24)35(44)38-26-17-19-27(20-18-26)47-23(2)33(42)41-36-40-31(22-46-36)28-14-8-9-15-29(28)37/h4-23H,3H2,1-2H3,(H,38,44)(H,39,43)(H,40,41,42)/b30-21-. The monoisotopic (exact) mass is 682 g/mol. The van der Waals surface area contributed by atoms with Gasteiger partial charge in [-0.25, -0.2) is 4.98 Å². The third-order valence-corrected chi connectivity index (χ3v) is 8.93. The van der Waals surface area contributed by atoms with E-state index in [4.69, 9.17) is 16.3 Å². The number of anilines is 2. The highest BCUT2D eigenvalue weighted by molar-refractivity contribution is 8.00. The molecular weight excluding hydrogens is 652 g/mol. The van der Waals surface area contributed by atoms with E-state index in [1.807, 2.05) is 73.8 Å². The number of ether oxygens (including phenoxy) is 1. The van der Waals surface area contributed by atoms with Crippen LogP contribution in [0.15, 0.2) is 119 Å². The van der Waals surface area contributed by atoms with Gasteiger partial charge in [-0.15, -0.1) is 23.1 Å². The fraction of sp³-hybridized carbons (Fsp3) is 0.111. The van der Waals surface area contributed by atoms with Crippen molar-refractivity contribution < 1.29 is 19.1 Å². The Hall–Kier alpha value is -4.90. The second-order valence-electron chi connectivity index (χ2n) is 10.1. The zero-order chi connectivity index (χ0) is 33.2. The Bertz CT molecular complexity index is 1890. The molecule has 0 radical (unpaired) electrons. The first-order chi connectivity index (χ1) is 22.8. The normalized spacial score (nSPS) is 11.8. The summed E-state index contributed by atoms with van der Waals surface area (Å²) in [6.07, 6.45) is 1.59. The van der Waals surface area contributed by atoms with Crippen molar-refractivity contribution in [2.24, 2.45) is 0 Å². The van der Waals surface area contributed by atoms with Gasteiger partial charge in [-0.3, -0.25) is 14.4 Å². The number of benzene rings is 4. The number of amides is 3. The number of para-hydroxylation sites is 1. The molecule has 4 aromatic carbocycles. The lowest BCUT2D eigenvalue weighted by atomic mass is 10.1. The van der Waals surface area contributed by atoms with Crippen molar-refractivity contribution in [3.8, 4) is 17.0 Å². The van der Waals surface area contributed by atoms with Gasteiger partial charge in [0.25, 0.3) is 11.8 Å². The van der Waals surface area contributed by atoms with E-state index in [-0.39, 0.29) is 11.6 Å². The van der Waals surface area contributed by atoms with Crippen molar-refractivity contribution in [3.63, 3.8) is 0 Å². The van der Waals surface area contributed by atoms with Crippen LogP contribution in [0.5, 0.6) is 5.75 Å². The van der Waals surface area contributed by atoms with Gasteiger partial charge in [-0.2, -0.15) is 0 Å². The van der Waals surface area contributed by atoms with E-state index >= 15 is 0 Å². The molecule has 3 amide bonds. The highest BCUT2D eigenvalue weighted by atomic mass is 35.5. The van der Waals surface area contributed by atoms with Crippen LogP contribution in [-0.4, -0.2) is 34.6 Å². The van der Waals surface area contributed by atoms with Crippen molar-refractivity contribution in [3.05, 3.63) is 130 Å². The van der Waals surface area contributed by atoms with E-state index in [0.29, 0.717) is 45.0 Å². The smallest absolute Gasteiger partial charge is 0.272 e. The molecular formula is C36H31ClN4O4S2. The molecule has 0 aliphatic carbocycles. The van der Waals surface area contributed by atoms with Gasteiger partial charge in [-0.05, 0) is 68.5 Å². The van der Waals surface area contributed by atoms with Crippen LogP contribution in [0.25, 0.3) is 17.3 Å². The van der Waals surface area contributed by atoms with E-state index in [1.54, 1.807) is 54.6 Å². The van der Waals surface area contributed by atoms with Gasteiger partial charge in [-0.1, -0.05) is 66.2 Å². The number of thioether (sulfide) groups is 1. The van der Waals surface area contributed by atoms with Gasteiger partial charge in [0.05, 0.1) is 17.6 Å². The number of carbonyl (C=O) groups is 3. The van der Waals surface area contributed by atoms with Crippen molar-refractivity contribution in [2.45, 2.75) is 24.0 Å². The predicted octanol–water partition coefficient (Wildman–Crippen LogP) is 8.39. The Kier molecular flexibility index (Phi) is 11.5. The van der Waals surface area contributed by atoms with Gasteiger partial charge < -0.3 is 20.7 Å². The quantitative estimate of drug-likeness (QED) is 0.0901. The van der Waals surface area contributed by atoms with E-state index < -0.39 is 17.1 Å². The number of aromatic nitrogens is 1. The molecule has 11 heteroatoms. The van der Waals surface area contributed by atoms with Gasteiger partial charge >= 0.3 is 0 Å². The topological polar surface area (TPSA) is 109 Å². The molecule has 8 nitrogen and oxygen atoms in total. The molecule has 0 saturated carbocycles. The van der Waals surface area contributed by atoms with Gasteiger partial charge in [0, 0.05) is 37.7 Å². The molecule has 0 saturated heterocycles. The number of thiazole rings is 1. The average molecular weight is 683 g/mol. The van der Waals surface area contributed by atoms with Crippen LogP contribution in [-0.2, 0) is 9.59 Å². The second-order valence-corrected chi connectivity index (χ2v) is 12.8. The van der Waals surface area contributed by atoms with Crippen molar-refractivity contribution in [1.29, 1.82) is 0 Å². The average Bonchev–Trinajstić information content (AvgIpc) is 3.54. The van der Waals surface area contributed by atoms with E-state index in [9.17, 15) is 14.4 Å². The molecule has 47 heavy (non-hydrogen) atoms. The lowest BCUT2D eigenvalue weighted by Crippen LogP contribution is -2.30. The van der Waals surface area contributed by atoms with Crippen molar-refractivity contribution in [2.75, 3.05) is 17.2 Å². The molecule has 0 aliphatic heterocycles. The molecule has 5 aromatic rings. The third-order valence-electron chi connectivity index (χ3n) is 6.73. The first-order valence-electron chi connectivity index (χ1n) is 14.7. The number of halogens is 1. The molecule has 0 spiro atoms. The van der Waals surface area contributed by atoms with Crippen molar-refractivity contribution in [1.82, 2.24) is 10.3 Å². The first kappa shape index (κ1) is 33.5. The Morgan fingerprint density at radius 1 is 0.915 bits per heavy atom. The number of rotatable bonds is 12. The summed E-state index contributed by atoms with van der Waals surface area (Å²) in [5.41, 5.74) is 3.13. The van der Waals surface area contributed by atoms with E-state index in [1.165, 1.54) is 23.1 Å². The van der Waals surface area contributed by atoms with E-state index in [0.717, 1.165) is 10.5 Å². The lowest BCUT2D eigenvalue weighted by molar-refractivity contribution is -0.115. The fourth-order valence-corrected chi connectivity index (χ4v) is 6.20. The molecule has 5 rings (SSSR count). The molecule has 1 heterocycles. The maximum atomic E-state index is 13.5. The number of nitrogens with one attached hydrogen (secondary N) is 3. The van der Waals surface area contributed by atoms with E-state index in [2.05, 4.69) is 20.9 Å². The molecule has 1 unspecified atom stereocenters. The molecule has 0 aliphatic rings. The maximum absolute atomic E-state index is 13.5. The molecule has 0 bridgehead atoms. The summed E-state index contributed by atoms with van der Waals surface area (Å²) in [6, 6.07) is 30.5. The van der Waals surface area contributed by atoms with Crippen LogP contribution in [0, 0.1) is 0 Å². The highest BCUT2D eigenvalue weighted by Crippen LogP contribution is 2.31. The summed E-state index contributed by atoms with van der Waals surface area (Å²) in [7, 11) is 0. The summed E-state index contributed by atoms with van der Waals surface area (Å²) < 4.78 is 5.72. The van der Waals surface area contributed by atoms with Crippen LogP contribution in [0.3, 0.4) is 0 Å². The predicted molar refractivity (Wildman–Crippen MR) is 191 cm³/mol. The van der Waals surface area contributed by atoms with Crippen molar-refractivity contribution >= 4 is 69.3 Å². The Morgan fingerprint density at radius 2 is 1.62 bits per heavy atom. The highest BCUT2D eigenvalue weighted by Gasteiger charge is 2.19. The molecule has 1 atom stereocenters. The molecule has 3 N–H and O–H groups in total. The third kappa shape index (κ3) is 9.10. The molecule has 0 fully saturated rings. The summed E-state index contributed by atoms with van der Waals surface area (Å²) in [6.45, 7) is 4.13. The summed E-state index contributed by atoms with van der Waals surface area (Å²) in [5, 5.41) is 11.0. The zero-order valence-electron chi connectivity index (χ0n) is 25.5. The minimum absolute atomic E-state index is 0.0506. The van der Waals surface area contributed by atoms with Crippen LogP contribution >= 0.6 is 34.7 Å². The lowest BCUT2D eigenvalue weighted by Gasteiger charge is -2.14. The molecule has 1 aromatic heterocycles. The number of carbonyl (C=O) groups excluding carboxylic acids is 3. The SMILES string of the molecule is CCOc1ccccc1/C=C(\NC(=O)c1ccccc1)C(=O)Nc1ccc(SC(C)C(=O)Nc2nc(-c3ccccc3Cl)cs2)cc1. The number of nitrogens with zero attached hydrogens (tertiary/aromatic N) is 1. The minimum atomic E-state index is -0.506. The van der Waals surface area contributed by atoms with Gasteiger partial charge in [0.1, 0.15) is 11.4 Å². The second kappa shape index (κ2) is 16.1.